The molecule has 0 bridgehead atoms. The molecular formula is C18H32N2O4. The van der Waals surface area contributed by atoms with Gasteiger partial charge in [0.15, 0.2) is 11.8 Å². The van der Waals surface area contributed by atoms with E-state index in [-0.39, 0.29) is 13.2 Å². The molecule has 0 aliphatic carbocycles. The molecule has 2 atom stereocenters. The summed E-state index contributed by atoms with van der Waals surface area (Å²) >= 11 is 0. The lowest BCUT2D eigenvalue weighted by Crippen LogP contribution is -2.28. The van der Waals surface area contributed by atoms with Crippen LogP contribution >= 0.6 is 0 Å². The van der Waals surface area contributed by atoms with Crippen molar-refractivity contribution in [2.45, 2.75) is 76.3 Å². The summed E-state index contributed by atoms with van der Waals surface area (Å²) in [7, 11) is 0. The van der Waals surface area contributed by atoms with Gasteiger partial charge in [0, 0.05) is 12.8 Å². The Bertz CT molecular complexity index is 424. The van der Waals surface area contributed by atoms with E-state index in [0.29, 0.717) is 13.2 Å². The van der Waals surface area contributed by atoms with Gasteiger partial charge in [-0.3, -0.25) is 0 Å². The molecule has 0 radical (unpaired) electrons. The van der Waals surface area contributed by atoms with Crippen LogP contribution in [0.3, 0.4) is 0 Å². The Kier molecular flexibility index (Phi) is 7.04. The Morgan fingerprint density at radius 3 is 1.46 bits per heavy atom. The zero-order valence-electron chi connectivity index (χ0n) is 15.1. The summed E-state index contributed by atoms with van der Waals surface area (Å²) < 4.78 is 11.1. The van der Waals surface area contributed by atoms with Gasteiger partial charge < -0.3 is 19.7 Å². The van der Waals surface area contributed by atoms with Crippen molar-refractivity contribution in [3.05, 3.63) is 0 Å². The summed E-state index contributed by atoms with van der Waals surface area (Å²) in [6.07, 6.45) is 8.71. The maximum absolute atomic E-state index is 9.24. The number of hydrogen-bond acceptors (Lipinski definition) is 6. The number of aliphatic imine (C=N–C) groups is 2. The zero-order valence-corrected chi connectivity index (χ0v) is 15.1. The number of rotatable bonds is 11. The molecule has 0 aromatic carbocycles. The summed E-state index contributed by atoms with van der Waals surface area (Å²) in [5, 5.41) is 18.5. The standard InChI is InChI=1S/C18H32N2O4/c1-17(11-21)13-23-15(19-17)9-7-5-3-4-6-8-10-16-20-18(2,12-22)14-24-16/h21-22H,3-14H2,1-2H3. The van der Waals surface area contributed by atoms with Gasteiger partial charge in [0.2, 0.25) is 0 Å². The van der Waals surface area contributed by atoms with Gasteiger partial charge >= 0.3 is 0 Å². The van der Waals surface area contributed by atoms with Crippen LogP contribution in [0.5, 0.6) is 0 Å². The monoisotopic (exact) mass is 340 g/mol. The number of unbranched alkanes of at least 4 members (excludes halogenated alkanes) is 5. The molecule has 6 nitrogen and oxygen atoms in total. The molecule has 0 aromatic rings. The van der Waals surface area contributed by atoms with Crippen molar-refractivity contribution in [3.8, 4) is 0 Å². The fourth-order valence-corrected chi connectivity index (χ4v) is 2.89. The van der Waals surface area contributed by atoms with Gasteiger partial charge in [0.05, 0.1) is 13.2 Å². The van der Waals surface area contributed by atoms with Gasteiger partial charge in [-0.15, -0.1) is 0 Å². The minimum absolute atomic E-state index is 0.0446. The highest BCUT2D eigenvalue weighted by molar-refractivity contribution is 5.78. The lowest BCUT2D eigenvalue weighted by molar-refractivity contribution is 0.169. The lowest BCUT2D eigenvalue weighted by atomic mass is 10.1. The molecule has 0 saturated carbocycles. The summed E-state index contributed by atoms with van der Waals surface area (Å²) in [6, 6.07) is 0. The number of hydrogen-bond donors (Lipinski definition) is 2. The smallest absolute Gasteiger partial charge is 0.184 e. The van der Waals surface area contributed by atoms with E-state index in [1.54, 1.807) is 0 Å². The molecule has 2 aliphatic rings. The van der Waals surface area contributed by atoms with Crippen molar-refractivity contribution in [1.82, 2.24) is 0 Å². The van der Waals surface area contributed by atoms with Crippen LogP contribution in [0.1, 0.15) is 65.2 Å². The van der Waals surface area contributed by atoms with Gasteiger partial charge in [-0.25, -0.2) is 9.98 Å². The summed E-state index contributed by atoms with van der Waals surface area (Å²) in [6.45, 7) is 4.93. The van der Waals surface area contributed by atoms with Crippen molar-refractivity contribution in [2.24, 2.45) is 9.98 Å². The van der Waals surface area contributed by atoms with Gasteiger partial charge in [0.25, 0.3) is 0 Å². The highest BCUT2D eigenvalue weighted by atomic mass is 16.5. The van der Waals surface area contributed by atoms with Crippen molar-refractivity contribution >= 4 is 11.8 Å². The van der Waals surface area contributed by atoms with E-state index in [1.807, 2.05) is 13.8 Å². The Morgan fingerprint density at radius 2 is 1.12 bits per heavy atom. The van der Waals surface area contributed by atoms with Crippen LogP contribution in [0, 0.1) is 0 Å². The minimum Gasteiger partial charge on any atom is -0.478 e. The molecule has 0 spiro atoms. The van der Waals surface area contributed by atoms with E-state index in [9.17, 15) is 10.2 Å². The maximum Gasteiger partial charge on any atom is 0.184 e. The fraction of sp³-hybridized carbons (Fsp3) is 0.889. The van der Waals surface area contributed by atoms with E-state index in [4.69, 9.17) is 9.47 Å². The first-order valence-corrected chi connectivity index (χ1v) is 9.13. The average molecular weight is 340 g/mol. The van der Waals surface area contributed by atoms with Crippen LogP contribution in [-0.2, 0) is 9.47 Å². The molecule has 138 valence electrons. The number of ether oxygens (including phenoxy) is 2. The van der Waals surface area contributed by atoms with Crippen LogP contribution in [0.4, 0.5) is 0 Å². The first kappa shape index (κ1) is 19.2. The van der Waals surface area contributed by atoms with Crippen molar-refractivity contribution < 1.29 is 19.7 Å². The first-order valence-electron chi connectivity index (χ1n) is 9.13. The second kappa shape index (κ2) is 8.81. The number of aliphatic hydroxyl groups is 2. The van der Waals surface area contributed by atoms with Crippen molar-refractivity contribution in [2.75, 3.05) is 26.4 Å². The lowest BCUT2D eigenvalue weighted by Gasteiger charge is -2.12. The predicted octanol–water partition coefficient (Wildman–Crippen LogP) is 2.47. The molecule has 6 heteroatoms. The molecule has 2 heterocycles. The molecule has 2 N–H and O–H groups in total. The van der Waals surface area contributed by atoms with Gasteiger partial charge in [-0.05, 0) is 26.7 Å². The second-order valence-corrected chi connectivity index (χ2v) is 7.52. The highest BCUT2D eigenvalue weighted by Gasteiger charge is 2.31. The van der Waals surface area contributed by atoms with E-state index >= 15 is 0 Å². The van der Waals surface area contributed by atoms with E-state index in [2.05, 4.69) is 9.98 Å². The topological polar surface area (TPSA) is 83.6 Å². The van der Waals surface area contributed by atoms with E-state index in [1.165, 1.54) is 25.7 Å². The van der Waals surface area contributed by atoms with Crippen LogP contribution < -0.4 is 0 Å². The first-order chi connectivity index (χ1) is 11.5. The van der Waals surface area contributed by atoms with Crippen LogP contribution in [-0.4, -0.2) is 59.5 Å². The van der Waals surface area contributed by atoms with Crippen molar-refractivity contribution in [1.29, 1.82) is 0 Å². The molecule has 0 saturated heterocycles. The molecular weight excluding hydrogens is 308 g/mol. The third kappa shape index (κ3) is 5.74. The molecule has 2 rings (SSSR count). The van der Waals surface area contributed by atoms with Gasteiger partial charge in [-0.2, -0.15) is 0 Å². The fourth-order valence-electron chi connectivity index (χ4n) is 2.89. The average Bonchev–Trinajstić information content (AvgIpc) is 3.15. The van der Waals surface area contributed by atoms with Gasteiger partial charge in [0.1, 0.15) is 24.3 Å². The zero-order chi connectivity index (χ0) is 17.5. The van der Waals surface area contributed by atoms with Crippen molar-refractivity contribution in [3.63, 3.8) is 0 Å². The minimum atomic E-state index is -0.424. The number of aliphatic hydroxyl groups excluding tert-OH is 2. The normalized spacial score (nSPS) is 29.2. The van der Waals surface area contributed by atoms with E-state index < -0.39 is 11.1 Å². The molecule has 2 aliphatic heterocycles. The van der Waals surface area contributed by atoms with Gasteiger partial charge in [-0.1, -0.05) is 25.7 Å². The Labute approximate surface area is 145 Å². The summed E-state index contributed by atoms with van der Waals surface area (Å²) in [5.74, 6) is 1.60. The third-order valence-corrected chi connectivity index (χ3v) is 4.60. The quantitative estimate of drug-likeness (QED) is 0.566. The largest absolute Gasteiger partial charge is 0.478 e. The maximum atomic E-state index is 9.24. The molecule has 0 fully saturated rings. The Hall–Kier alpha value is -1.14. The van der Waals surface area contributed by atoms with Crippen LogP contribution in [0.25, 0.3) is 0 Å². The predicted molar refractivity (Wildman–Crippen MR) is 94.7 cm³/mol. The number of nitrogens with zero attached hydrogens (tertiary/aromatic N) is 2. The van der Waals surface area contributed by atoms with E-state index in [0.717, 1.165) is 37.5 Å². The van der Waals surface area contributed by atoms with Crippen LogP contribution in [0.2, 0.25) is 0 Å². The third-order valence-electron chi connectivity index (χ3n) is 4.60. The Balaban J connectivity index is 1.47. The summed E-state index contributed by atoms with van der Waals surface area (Å²) in [5.41, 5.74) is -0.848. The highest BCUT2D eigenvalue weighted by Crippen LogP contribution is 2.21. The Morgan fingerprint density at radius 1 is 0.750 bits per heavy atom. The van der Waals surface area contributed by atoms with Crippen LogP contribution in [0.15, 0.2) is 9.98 Å². The summed E-state index contributed by atoms with van der Waals surface area (Å²) in [4.78, 5) is 8.90. The second-order valence-electron chi connectivity index (χ2n) is 7.52. The molecule has 24 heavy (non-hydrogen) atoms. The molecule has 0 amide bonds. The molecule has 2 unspecified atom stereocenters. The molecule has 0 aromatic heterocycles. The SMILES string of the molecule is CC1(CO)COC(CCCCCCCCC2=NC(C)(CO)CO2)=N1.